The fourth-order valence-electron chi connectivity index (χ4n) is 4.54. The minimum absolute atomic E-state index is 0.0464. The first kappa shape index (κ1) is 27.3. The first-order valence-corrected chi connectivity index (χ1v) is 12.9. The average Bonchev–Trinajstić information content (AvgIpc) is 2.83. The Morgan fingerprint density at radius 2 is 1.86 bits per heavy atom. The van der Waals surface area contributed by atoms with Crippen LogP contribution in [0.1, 0.15) is 58.4 Å². The number of ether oxygens (including phenoxy) is 3. The van der Waals surface area contributed by atoms with E-state index in [-0.39, 0.29) is 17.9 Å². The number of likely N-dealkylation sites (N-methyl/N-ethyl adjacent to an activating group) is 1. The van der Waals surface area contributed by atoms with Crippen LogP contribution in [0.5, 0.6) is 5.75 Å². The quantitative estimate of drug-likeness (QED) is 0.568. The Morgan fingerprint density at radius 3 is 2.54 bits per heavy atom. The van der Waals surface area contributed by atoms with Crippen LogP contribution in [0.2, 0.25) is 0 Å². The third-order valence-corrected chi connectivity index (χ3v) is 6.66. The maximum atomic E-state index is 12.5. The van der Waals surface area contributed by atoms with Gasteiger partial charge in [0.25, 0.3) is 0 Å². The monoisotopic (exact) mass is 489 g/mol. The molecule has 0 atom stereocenters. The van der Waals surface area contributed by atoms with Crippen molar-refractivity contribution in [2.45, 2.75) is 71.1 Å². The molecule has 0 aliphatic carbocycles. The maximum absolute atomic E-state index is 12.5. The zero-order valence-electron chi connectivity index (χ0n) is 21.9. The number of hydrogen-bond donors (Lipinski definition) is 1. The summed E-state index contributed by atoms with van der Waals surface area (Å²) in [6.07, 6.45) is 4.01. The van der Waals surface area contributed by atoms with Gasteiger partial charge in [0, 0.05) is 51.9 Å². The first-order chi connectivity index (χ1) is 16.7. The molecule has 2 amide bonds. The van der Waals surface area contributed by atoms with E-state index in [0.717, 1.165) is 56.8 Å². The van der Waals surface area contributed by atoms with Gasteiger partial charge in [0.15, 0.2) is 0 Å². The Bertz CT molecular complexity index is 811. The van der Waals surface area contributed by atoms with Crippen LogP contribution in [0.15, 0.2) is 24.3 Å². The van der Waals surface area contributed by atoms with Gasteiger partial charge >= 0.3 is 6.09 Å². The topological polar surface area (TPSA) is 80.3 Å². The van der Waals surface area contributed by atoms with E-state index in [1.807, 2.05) is 45.0 Å². The van der Waals surface area contributed by atoms with Crippen LogP contribution in [-0.4, -0.2) is 79.9 Å². The molecule has 0 bridgehead atoms. The number of hydrogen-bond acceptors (Lipinski definition) is 6. The van der Waals surface area contributed by atoms with E-state index in [1.54, 1.807) is 4.90 Å². The van der Waals surface area contributed by atoms with Gasteiger partial charge in [0.05, 0.1) is 0 Å². The largest absolute Gasteiger partial charge is 0.492 e. The molecule has 1 aromatic rings. The first-order valence-electron chi connectivity index (χ1n) is 12.9. The van der Waals surface area contributed by atoms with Gasteiger partial charge in [-0.3, -0.25) is 9.69 Å². The fourth-order valence-corrected chi connectivity index (χ4v) is 4.54. The molecular weight excluding hydrogens is 446 g/mol. The number of rotatable bonds is 9. The van der Waals surface area contributed by atoms with E-state index in [1.165, 1.54) is 0 Å². The van der Waals surface area contributed by atoms with Crippen LogP contribution in [0, 0.1) is 5.92 Å². The SMILES string of the molecule is CN(CCOc1cccc(CNC(=O)CC2CCN(C(=O)OC(C)(C)C)CC2)c1)C1CCOCC1. The van der Waals surface area contributed by atoms with Crippen molar-refractivity contribution in [2.24, 2.45) is 5.92 Å². The van der Waals surface area contributed by atoms with Crippen molar-refractivity contribution in [3.8, 4) is 5.75 Å². The predicted molar refractivity (Wildman–Crippen MR) is 135 cm³/mol. The molecule has 1 aromatic carbocycles. The Balaban J connectivity index is 1.33. The summed E-state index contributed by atoms with van der Waals surface area (Å²) in [5.74, 6) is 1.16. The number of carbonyl (C=O) groups is 2. The van der Waals surface area contributed by atoms with Crippen molar-refractivity contribution in [3.63, 3.8) is 0 Å². The smallest absolute Gasteiger partial charge is 0.410 e. The summed E-state index contributed by atoms with van der Waals surface area (Å²) in [6.45, 7) is 10.6. The molecule has 8 nitrogen and oxygen atoms in total. The van der Waals surface area contributed by atoms with Crippen LogP contribution in [0.3, 0.4) is 0 Å². The minimum atomic E-state index is -0.489. The van der Waals surface area contributed by atoms with Gasteiger partial charge in [-0.05, 0) is 77.1 Å². The molecule has 196 valence electrons. The highest BCUT2D eigenvalue weighted by molar-refractivity contribution is 5.76. The normalized spacial score (nSPS) is 17.9. The fraction of sp³-hybridized carbons (Fsp3) is 0.704. The van der Waals surface area contributed by atoms with Gasteiger partial charge in [-0.15, -0.1) is 0 Å². The summed E-state index contributed by atoms with van der Waals surface area (Å²) in [4.78, 5) is 28.8. The number of nitrogens with one attached hydrogen (secondary N) is 1. The lowest BCUT2D eigenvalue weighted by atomic mass is 9.93. The number of likely N-dealkylation sites (tertiary alicyclic amines) is 1. The summed E-state index contributed by atoms with van der Waals surface area (Å²) in [5.41, 5.74) is 0.533. The number of benzene rings is 1. The summed E-state index contributed by atoms with van der Waals surface area (Å²) in [6, 6.07) is 8.48. The average molecular weight is 490 g/mol. The molecule has 0 spiro atoms. The van der Waals surface area contributed by atoms with Gasteiger partial charge in [-0.2, -0.15) is 0 Å². The van der Waals surface area contributed by atoms with Gasteiger partial charge in [-0.1, -0.05) is 12.1 Å². The van der Waals surface area contributed by atoms with E-state index in [0.29, 0.717) is 38.7 Å². The molecule has 8 heteroatoms. The predicted octanol–water partition coefficient (Wildman–Crippen LogP) is 3.83. The molecule has 0 unspecified atom stereocenters. The van der Waals surface area contributed by atoms with Gasteiger partial charge in [-0.25, -0.2) is 4.79 Å². The van der Waals surface area contributed by atoms with Crippen molar-refractivity contribution < 1.29 is 23.8 Å². The van der Waals surface area contributed by atoms with E-state index in [9.17, 15) is 9.59 Å². The number of piperidine rings is 1. The highest BCUT2D eigenvalue weighted by Gasteiger charge is 2.27. The van der Waals surface area contributed by atoms with Gasteiger partial charge in [0.1, 0.15) is 18.0 Å². The lowest BCUT2D eigenvalue weighted by molar-refractivity contribution is -0.122. The van der Waals surface area contributed by atoms with Crippen molar-refractivity contribution in [3.05, 3.63) is 29.8 Å². The Kier molecular flexibility index (Phi) is 10.2. The number of carbonyl (C=O) groups excluding carboxylic acids is 2. The van der Waals surface area contributed by atoms with Crippen LogP contribution < -0.4 is 10.1 Å². The van der Waals surface area contributed by atoms with Crippen molar-refractivity contribution >= 4 is 12.0 Å². The van der Waals surface area contributed by atoms with Crippen LogP contribution in [0.25, 0.3) is 0 Å². The minimum Gasteiger partial charge on any atom is -0.492 e. The summed E-state index contributed by atoms with van der Waals surface area (Å²) in [5, 5.41) is 3.04. The molecular formula is C27H43N3O5. The molecule has 0 radical (unpaired) electrons. The van der Waals surface area contributed by atoms with Gasteiger partial charge in [0.2, 0.25) is 5.91 Å². The molecule has 3 rings (SSSR count). The van der Waals surface area contributed by atoms with E-state index < -0.39 is 5.60 Å². The molecule has 2 aliphatic rings. The lowest BCUT2D eigenvalue weighted by Crippen LogP contribution is -2.42. The van der Waals surface area contributed by atoms with Crippen LogP contribution in [-0.2, 0) is 20.8 Å². The molecule has 2 aliphatic heterocycles. The van der Waals surface area contributed by atoms with E-state index in [2.05, 4.69) is 17.3 Å². The zero-order valence-corrected chi connectivity index (χ0v) is 21.9. The third-order valence-electron chi connectivity index (χ3n) is 6.66. The molecule has 0 aromatic heterocycles. The molecule has 1 N–H and O–H groups in total. The highest BCUT2D eigenvalue weighted by atomic mass is 16.6. The van der Waals surface area contributed by atoms with Crippen molar-refractivity contribution in [2.75, 3.05) is 46.5 Å². The number of nitrogens with zero attached hydrogens (tertiary/aromatic N) is 2. The molecule has 2 fully saturated rings. The van der Waals surface area contributed by atoms with E-state index in [4.69, 9.17) is 14.2 Å². The summed E-state index contributed by atoms with van der Waals surface area (Å²) >= 11 is 0. The molecule has 2 saturated heterocycles. The Hall–Kier alpha value is -2.32. The Morgan fingerprint density at radius 1 is 1.14 bits per heavy atom. The molecule has 35 heavy (non-hydrogen) atoms. The second kappa shape index (κ2) is 13.1. The van der Waals surface area contributed by atoms with Crippen molar-refractivity contribution in [1.29, 1.82) is 0 Å². The Labute approximate surface area is 210 Å². The standard InChI is InChI=1S/C27H43N3O5/c1-27(2,3)35-26(32)30-12-8-21(9-13-30)19-25(31)28-20-22-6-5-7-24(18-22)34-17-14-29(4)23-10-15-33-16-11-23/h5-7,18,21,23H,8-17,19-20H2,1-4H3,(H,28,31). The third kappa shape index (κ3) is 9.68. The zero-order chi connectivity index (χ0) is 25.3. The lowest BCUT2D eigenvalue weighted by Gasteiger charge is -2.33. The number of amides is 2. The second-order valence-electron chi connectivity index (χ2n) is 10.7. The second-order valence-corrected chi connectivity index (χ2v) is 10.7. The highest BCUT2D eigenvalue weighted by Crippen LogP contribution is 2.22. The van der Waals surface area contributed by atoms with Crippen LogP contribution in [0.4, 0.5) is 4.79 Å². The van der Waals surface area contributed by atoms with E-state index >= 15 is 0 Å². The van der Waals surface area contributed by atoms with Crippen molar-refractivity contribution in [1.82, 2.24) is 15.1 Å². The van der Waals surface area contributed by atoms with Gasteiger partial charge < -0.3 is 24.4 Å². The molecule has 0 saturated carbocycles. The van der Waals surface area contributed by atoms with Crippen LogP contribution >= 0.6 is 0 Å². The summed E-state index contributed by atoms with van der Waals surface area (Å²) in [7, 11) is 2.15. The summed E-state index contributed by atoms with van der Waals surface area (Å²) < 4.78 is 16.9. The molecule has 2 heterocycles. The maximum Gasteiger partial charge on any atom is 0.410 e.